The molecule has 0 saturated carbocycles. The van der Waals surface area contributed by atoms with Crippen molar-refractivity contribution in [1.29, 1.82) is 0 Å². The van der Waals surface area contributed by atoms with Crippen molar-refractivity contribution < 1.29 is 14.6 Å². The lowest BCUT2D eigenvalue weighted by Gasteiger charge is -2.27. The van der Waals surface area contributed by atoms with Gasteiger partial charge in [-0.15, -0.1) is 0 Å². The Balaban J connectivity index is 2.97. The Morgan fingerprint density at radius 3 is 2.72 bits per heavy atom. The molecule has 1 aromatic carbocycles. The molecule has 1 atom stereocenters. The third-order valence-corrected chi connectivity index (χ3v) is 3.45. The van der Waals surface area contributed by atoms with E-state index in [1.54, 1.807) is 25.1 Å². The van der Waals surface area contributed by atoms with Crippen molar-refractivity contribution >= 4 is 21.8 Å². The van der Waals surface area contributed by atoms with Crippen molar-refractivity contribution in [3.05, 3.63) is 28.2 Å². The first-order valence-corrected chi connectivity index (χ1v) is 6.52. The van der Waals surface area contributed by atoms with E-state index < -0.39 is 5.54 Å². The third kappa shape index (κ3) is 3.46. The van der Waals surface area contributed by atoms with Gasteiger partial charge >= 0.3 is 0 Å². The molecule has 1 amide bonds. The largest absolute Gasteiger partial charge is 0.496 e. The van der Waals surface area contributed by atoms with Crippen LogP contribution in [-0.4, -0.2) is 30.3 Å². The molecule has 0 heterocycles. The Labute approximate surface area is 115 Å². The summed E-state index contributed by atoms with van der Waals surface area (Å²) in [7, 11) is 1.52. The molecule has 0 spiro atoms. The number of benzene rings is 1. The maximum atomic E-state index is 12.2. The van der Waals surface area contributed by atoms with Crippen LogP contribution < -0.4 is 10.1 Å². The molecule has 100 valence electrons. The molecule has 0 aliphatic rings. The molecule has 0 bridgehead atoms. The first-order valence-electron chi connectivity index (χ1n) is 5.72. The van der Waals surface area contributed by atoms with Crippen molar-refractivity contribution in [3.63, 3.8) is 0 Å². The average molecular weight is 316 g/mol. The molecule has 0 aliphatic carbocycles. The second-order valence-electron chi connectivity index (χ2n) is 4.37. The van der Waals surface area contributed by atoms with Crippen LogP contribution in [0.1, 0.15) is 30.6 Å². The molecule has 1 unspecified atom stereocenters. The molecule has 0 saturated heterocycles. The second-order valence-corrected chi connectivity index (χ2v) is 5.29. The van der Waals surface area contributed by atoms with E-state index in [4.69, 9.17) is 4.74 Å². The lowest BCUT2D eigenvalue weighted by molar-refractivity contribution is 0.0844. The standard InChI is InChI=1S/C13H18BrNO3/c1-4-13(2,8-16)15-12(17)10-6-5-9(14)7-11(10)18-3/h5-7,16H,4,8H2,1-3H3,(H,15,17). The van der Waals surface area contributed by atoms with Gasteiger partial charge in [0.25, 0.3) is 5.91 Å². The van der Waals surface area contributed by atoms with Crippen LogP contribution in [0.15, 0.2) is 22.7 Å². The minimum Gasteiger partial charge on any atom is -0.496 e. The normalized spacial score (nSPS) is 13.8. The predicted molar refractivity (Wildman–Crippen MR) is 73.9 cm³/mol. The minimum absolute atomic E-state index is 0.103. The summed E-state index contributed by atoms with van der Waals surface area (Å²) in [4.78, 5) is 12.2. The van der Waals surface area contributed by atoms with E-state index in [9.17, 15) is 9.90 Å². The van der Waals surface area contributed by atoms with E-state index in [0.717, 1.165) is 4.47 Å². The first-order chi connectivity index (χ1) is 8.45. The predicted octanol–water partition coefficient (Wildman–Crippen LogP) is 2.35. The van der Waals surface area contributed by atoms with E-state index >= 15 is 0 Å². The maximum absolute atomic E-state index is 12.2. The Morgan fingerprint density at radius 1 is 1.56 bits per heavy atom. The number of amides is 1. The van der Waals surface area contributed by atoms with Crippen LogP contribution in [0.5, 0.6) is 5.75 Å². The topological polar surface area (TPSA) is 58.6 Å². The number of aliphatic hydroxyl groups is 1. The summed E-state index contributed by atoms with van der Waals surface area (Å²) in [6.45, 7) is 3.61. The van der Waals surface area contributed by atoms with Crippen molar-refractivity contribution in [2.45, 2.75) is 25.8 Å². The van der Waals surface area contributed by atoms with E-state index in [-0.39, 0.29) is 12.5 Å². The molecule has 5 heteroatoms. The summed E-state index contributed by atoms with van der Waals surface area (Å²) in [5.74, 6) is 0.246. The molecule has 18 heavy (non-hydrogen) atoms. The van der Waals surface area contributed by atoms with Gasteiger partial charge in [-0.25, -0.2) is 0 Å². The van der Waals surface area contributed by atoms with E-state index in [2.05, 4.69) is 21.2 Å². The molecular formula is C13H18BrNO3. The fourth-order valence-corrected chi connectivity index (χ4v) is 1.77. The highest BCUT2D eigenvalue weighted by molar-refractivity contribution is 9.10. The lowest BCUT2D eigenvalue weighted by atomic mass is 9.99. The Bertz CT molecular complexity index is 430. The van der Waals surface area contributed by atoms with Gasteiger partial charge in [0.2, 0.25) is 0 Å². The number of hydrogen-bond acceptors (Lipinski definition) is 3. The zero-order valence-corrected chi connectivity index (χ0v) is 12.4. The molecule has 4 nitrogen and oxygen atoms in total. The third-order valence-electron chi connectivity index (χ3n) is 2.95. The van der Waals surface area contributed by atoms with Gasteiger partial charge in [0.1, 0.15) is 5.75 Å². The van der Waals surface area contributed by atoms with Gasteiger partial charge in [-0.1, -0.05) is 22.9 Å². The number of carbonyl (C=O) groups is 1. The SMILES string of the molecule is CCC(C)(CO)NC(=O)c1ccc(Br)cc1OC. The van der Waals surface area contributed by atoms with Crippen LogP contribution in [0.25, 0.3) is 0 Å². The number of halogens is 1. The highest BCUT2D eigenvalue weighted by Gasteiger charge is 2.25. The van der Waals surface area contributed by atoms with Gasteiger partial charge in [0.15, 0.2) is 0 Å². The fraction of sp³-hybridized carbons (Fsp3) is 0.462. The molecule has 1 rings (SSSR count). The van der Waals surface area contributed by atoms with Crippen LogP contribution in [-0.2, 0) is 0 Å². The molecule has 1 aromatic rings. The zero-order chi connectivity index (χ0) is 13.8. The van der Waals surface area contributed by atoms with Crippen LogP contribution >= 0.6 is 15.9 Å². The summed E-state index contributed by atoms with van der Waals surface area (Å²) in [6, 6.07) is 5.20. The van der Waals surface area contributed by atoms with Gasteiger partial charge in [0.05, 0.1) is 24.8 Å². The number of carbonyl (C=O) groups excluding carboxylic acids is 1. The quantitative estimate of drug-likeness (QED) is 0.877. The molecule has 0 aromatic heterocycles. The molecule has 0 aliphatic heterocycles. The molecular weight excluding hydrogens is 298 g/mol. The number of aliphatic hydroxyl groups excluding tert-OH is 1. The van der Waals surface area contributed by atoms with Crippen LogP contribution in [0.3, 0.4) is 0 Å². The van der Waals surface area contributed by atoms with Crippen molar-refractivity contribution in [1.82, 2.24) is 5.32 Å². The molecule has 0 fully saturated rings. The lowest BCUT2D eigenvalue weighted by Crippen LogP contribution is -2.48. The monoisotopic (exact) mass is 315 g/mol. The van der Waals surface area contributed by atoms with Crippen molar-refractivity contribution in [2.24, 2.45) is 0 Å². The van der Waals surface area contributed by atoms with E-state index in [1.807, 2.05) is 6.92 Å². The van der Waals surface area contributed by atoms with Gasteiger partial charge in [0, 0.05) is 4.47 Å². The Hall–Kier alpha value is -1.07. The summed E-state index contributed by atoms with van der Waals surface area (Å²) in [6.07, 6.45) is 0.647. The van der Waals surface area contributed by atoms with Crippen LogP contribution in [0.2, 0.25) is 0 Å². The number of nitrogens with one attached hydrogen (secondary N) is 1. The van der Waals surface area contributed by atoms with Gasteiger partial charge < -0.3 is 15.2 Å². The van der Waals surface area contributed by atoms with E-state index in [0.29, 0.717) is 17.7 Å². The summed E-state index contributed by atoms with van der Waals surface area (Å²) >= 11 is 3.32. The summed E-state index contributed by atoms with van der Waals surface area (Å²) < 4.78 is 6.02. The summed E-state index contributed by atoms with van der Waals surface area (Å²) in [5.41, 5.74) is -0.163. The second kappa shape index (κ2) is 6.20. The van der Waals surface area contributed by atoms with Crippen LogP contribution in [0, 0.1) is 0 Å². The Kier molecular flexibility index (Phi) is 5.16. The number of methoxy groups -OCH3 is 1. The van der Waals surface area contributed by atoms with Crippen molar-refractivity contribution in [3.8, 4) is 5.75 Å². The molecule has 0 radical (unpaired) electrons. The Morgan fingerprint density at radius 2 is 2.22 bits per heavy atom. The van der Waals surface area contributed by atoms with Crippen LogP contribution in [0.4, 0.5) is 0 Å². The van der Waals surface area contributed by atoms with Gasteiger partial charge in [-0.3, -0.25) is 4.79 Å². The molecule has 2 N–H and O–H groups in total. The van der Waals surface area contributed by atoms with Crippen molar-refractivity contribution in [2.75, 3.05) is 13.7 Å². The van der Waals surface area contributed by atoms with Gasteiger partial charge in [-0.05, 0) is 31.5 Å². The highest BCUT2D eigenvalue weighted by atomic mass is 79.9. The number of hydrogen-bond donors (Lipinski definition) is 2. The number of ether oxygens (including phenoxy) is 1. The maximum Gasteiger partial charge on any atom is 0.255 e. The summed E-state index contributed by atoms with van der Waals surface area (Å²) in [5, 5.41) is 12.1. The first kappa shape index (κ1) is 15.0. The zero-order valence-electron chi connectivity index (χ0n) is 10.8. The van der Waals surface area contributed by atoms with E-state index in [1.165, 1.54) is 7.11 Å². The smallest absolute Gasteiger partial charge is 0.255 e. The number of rotatable bonds is 5. The highest BCUT2D eigenvalue weighted by Crippen LogP contribution is 2.24. The average Bonchev–Trinajstić information content (AvgIpc) is 2.38. The minimum atomic E-state index is -0.616. The fourth-order valence-electron chi connectivity index (χ4n) is 1.43. The van der Waals surface area contributed by atoms with Gasteiger partial charge in [-0.2, -0.15) is 0 Å².